The number of nitrogens with zero attached hydrogens (tertiary/aromatic N) is 1. The van der Waals surface area contributed by atoms with Crippen LogP contribution in [-0.4, -0.2) is 32.0 Å². The molecule has 7 heteroatoms. The molecule has 0 aliphatic heterocycles. The lowest BCUT2D eigenvalue weighted by molar-refractivity contribution is -0.122. The molecule has 0 atom stereocenters. The van der Waals surface area contributed by atoms with Gasteiger partial charge in [0.25, 0.3) is 0 Å². The maximum absolute atomic E-state index is 13.5. The van der Waals surface area contributed by atoms with Gasteiger partial charge in [0.15, 0.2) is 5.96 Å². The second-order valence-electron chi connectivity index (χ2n) is 5.01. The molecule has 0 radical (unpaired) electrons. The number of hydrogen-bond acceptors (Lipinski definition) is 2. The van der Waals surface area contributed by atoms with Crippen molar-refractivity contribution in [1.29, 1.82) is 0 Å². The number of aliphatic imine (C=N–C) groups is 1. The van der Waals surface area contributed by atoms with E-state index in [4.69, 9.17) is 0 Å². The van der Waals surface area contributed by atoms with Crippen molar-refractivity contribution in [2.24, 2.45) is 10.9 Å². The highest BCUT2D eigenvalue weighted by atomic mass is 127. The number of halogens is 2. The van der Waals surface area contributed by atoms with Gasteiger partial charge in [-0.05, 0) is 18.9 Å². The monoisotopic (exact) mass is 420 g/mol. The van der Waals surface area contributed by atoms with E-state index in [1.165, 1.54) is 6.07 Å². The van der Waals surface area contributed by atoms with Gasteiger partial charge in [-0.1, -0.05) is 18.2 Å². The predicted molar refractivity (Wildman–Crippen MR) is 95.8 cm³/mol. The summed E-state index contributed by atoms with van der Waals surface area (Å²) in [5, 5.41) is 8.97. The van der Waals surface area contributed by atoms with Crippen LogP contribution in [0.25, 0.3) is 0 Å². The topological polar surface area (TPSA) is 65.5 Å². The Hall–Kier alpha value is -1.38. The van der Waals surface area contributed by atoms with Gasteiger partial charge in [-0.15, -0.1) is 24.0 Å². The smallest absolute Gasteiger partial charge is 0.223 e. The van der Waals surface area contributed by atoms with Gasteiger partial charge in [0, 0.05) is 38.2 Å². The lowest BCUT2D eigenvalue weighted by atomic mass is 10.2. The van der Waals surface area contributed by atoms with E-state index in [0.29, 0.717) is 31.2 Å². The molecule has 0 heterocycles. The Morgan fingerprint density at radius 3 is 2.55 bits per heavy atom. The molecule has 1 aromatic carbocycles. The molecule has 22 heavy (non-hydrogen) atoms. The van der Waals surface area contributed by atoms with Crippen molar-refractivity contribution in [3.05, 3.63) is 35.6 Å². The number of amides is 1. The van der Waals surface area contributed by atoms with Gasteiger partial charge in [-0.25, -0.2) is 4.39 Å². The number of benzene rings is 1. The molecule has 1 amide bonds. The molecule has 1 aromatic rings. The summed E-state index contributed by atoms with van der Waals surface area (Å²) in [6.07, 6.45) is 2.01. The maximum atomic E-state index is 13.5. The first kappa shape index (κ1) is 18.7. The molecule has 0 unspecified atom stereocenters. The minimum Gasteiger partial charge on any atom is -0.355 e. The zero-order valence-corrected chi connectivity index (χ0v) is 14.9. The molecule has 0 aromatic heterocycles. The van der Waals surface area contributed by atoms with Gasteiger partial charge in [0.1, 0.15) is 5.82 Å². The number of carbonyl (C=O) groups excluding carboxylic acids is 1. The molecule has 1 saturated carbocycles. The fraction of sp³-hybridized carbons (Fsp3) is 0.467. The minimum atomic E-state index is -0.239. The number of guanidine groups is 1. The second kappa shape index (κ2) is 9.60. The average Bonchev–Trinajstić information content (AvgIpc) is 3.32. The molecule has 1 fully saturated rings. The molecule has 2 rings (SSSR count). The normalized spacial score (nSPS) is 14.0. The van der Waals surface area contributed by atoms with E-state index in [-0.39, 0.29) is 41.6 Å². The average molecular weight is 420 g/mol. The summed E-state index contributed by atoms with van der Waals surface area (Å²) in [5.41, 5.74) is 0.586. The van der Waals surface area contributed by atoms with Crippen LogP contribution >= 0.6 is 24.0 Å². The van der Waals surface area contributed by atoms with Crippen molar-refractivity contribution < 1.29 is 9.18 Å². The van der Waals surface area contributed by atoms with E-state index < -0.39 is 0 Å². The Bertz CT molecular complexity index is 520. The molecule has 1 aliphatic rings. The van der Waals surface area contributed by atoms with E-state index in [9.17, 15) is 9.18 Å². The van der Waals surface area contributed by atoms with Crippen molar-refractivity contribution in [2.75, 3.05) is 20.1 Å². The Morgan fingerprint density at radius 1 is 1.23 bits per heavy atom. The van der Waals surface area contributed by atoms with Gasteiger partial charge in [0.2, 0.25) is 5.91 Å². The van der Waals surface area contributed by atoms with E-state index >= 15 is 0 Å². The van der Waals surface area contributed by atoms with Crippen LogP contribution in [0, 0.1) is 11.7 Å². The molecule has 5 nitrogen and oxygen atoms in total. The van der Waals surface area contributed by atoms with Crippen LogP contribution in [0.1, 0.15) is 18.4 Å². The van der Waals surface area contributed by atoms with Gasteiger partial charge in [-0.3, -0.25) is 9.79 Å². The van der Waals surface area contributed by atoms with Crippen LogP contribution in [0.5, 0.6) is 0 Å². The van der Waals surface area contributed by atoms with Gasteiger partial charge < -0.3 is 16.0 Å². The van der Waals surface area contributed by atoms with Crippen molar-refractivity contribution in [1.82, 2.24) is 16.0 Å². The highest BCUT2D eigenvalue weighted by Crippen LogP contribution is 2.28. The van der Waals surface area contributed by atoms with Crippen LogP contribution in [0.2, 0.25) is 0 Å². The van der Waals surface area contributed by atoms with Crippen LogP contribution in [-0.2, 0) is 11.3 Å². The first-order chi connectivity index (χ1) is 10.2. The van der Waals surface area contributed by atoms with Crippen LogP contribution in [0.4, 0.5) is 4.39 Å². The van der Waals surface area contributed by atoms with Crippen molar-refractivity contribution in [3.63, 3.8) is 0 Å². The molecule has 3 N–H and O–H groups in total. The van der Waals surface area contributed by atoms with Crippen molar-refractivity contribution in [3.8, 4) is 0 Å². The van der Waals surface area contributed by atoms with Crippen LogP contribution in [0.15, 0.2) is 29.3 Å². The van der Waals surface area contributed by atoms with Crippen molar-refractivity contribution >= 4 is 35.8 Å². The van der Waals surface area contributed by atoms with E-state index in [1.54, 1.807) is 25.2 Å². The Labute approximate surface area is 147 Å². The molecule has 0 saturated heterocycles. The predicted octanol–water partition coefficient (Wildman–Crippen LogP) is 1.63. The first-order valence-electron chi connectivity index (χ1n) is 7.16. The van der Waals surface area contributed by atoms with Crippen LogP contribution < -0.4 is 16.0 Å². The lowest BCUT2D eigenvalue weighted by Crippen LogP contribution is -2.41. The fourth-order valence-corrected chi connectivity index (χ4v) is 1.90. The molecule has 1 aliphatic carbocycles. The Balaban J connectivity index is 0.00000242. The zero-order valence-electron chi connectivity index (χ0n) is 12.6. The summed E-state index contributed by atoms with van der Waals surface area (Å²) >= 11 is 0. The molecular formula is C15H22FIN4O. The lowest BCUT2D eigenvalue weighted by Gasteiger charge is -2.12. The molecule has 0 spiro atoms. The third kappa shape index (κ3) is 6.17. The molecule has 122 valence electrons. The standard InChI is InChI=1S/C15H21FN4O.HI/c1-17-15(19-9-8-18-14(21)11-6-7-11)20-10-12-4-2-3-5-13(12)16;/h2-5,11H,6-10H2,1H3,(H,18,21)(H2,17,19,20);1H. The number of hydrogen-bond donors (Lipinski definition) is 3. The highest BCUT2D eigenvalue weighted by molar-refractivity contribution is 14.0. The minimum absolute atomic E-state index is 0. The number of nitrogens with one attached hydrogen (secondary N) is 3. The summed E-state index contributed by atoms with van der Waals surface area (Å²) in [6.45, 7) is 1.49. The molecular weight excluding hydrogens is 398 g/mol. The Morgan fingerprint density at radius 2 is 1.91 bits per heavy atom. The van der Waals surface area contributed by atoms with Gasteiger partial charge in [-0.2, -0.15) is 0 Å². The zero-order chi connectivity index (χ0) is 15.1. The highest BCUT2D eigenvalue weighted by Gasteiger charge is 2.28. The summed E-state index contributed by atoms with van der Waals surface area (Å²) in [4.78, 5) is 15.5. The van der Waals surface area contributed by atoms with E-state index in [0.717, 1.165) is 12.8 Å². The van der Waals surface area contributed by atoms with Gasteiger partial charge in [0.05, 0.1) is 0 Å². The SMILES string of the molecule is CN=C(NCCNC(=O)C1CC1)NCc1ccccc1F.I. The summed E-state index contributed by atoms with van der Waals surface area (Å²) in [7, 11) is 1.65. The fourth-order valence-electron chi connectivity index (χ4n) is 1.90. The maximum Gasteiger partial charge on any atom is 0.223 e. The molecule has 0 bridgehead atoms. The first-order valence-corrected chi connectivity index (χ1v) is 7.16. The van der Waals surface area contributed by atoms with E-state index in [1.807, 2.05) is 0 Å². The Kier molecular flexibility index (Phi) is 8.15. The largest absolute Gasteiger partial charge is 0.355 e. The summed E-state index contributed by atoms with van der Waals surface area (Å²) in [5.74, 6) is 0.700. The number of carbonyl (C=O) groups is 1. The van der Waals surface area contributed by atoms with Gasteiger partial charge >= 0.3 is 0 Å². The van der Waals surface area contributed by atoms with E-state index in [2.05, 4.69) is 20.9 Å². The quantitative estimate of drug-likeness (QED) is 0.284. The third-order valence-corrected chi connectivity index (χ3v) is 3.29. The number of rotatable bonds is 6. The second-order valence-corrected chi connectivity index (χ2v) is 5.01. The van der Waals surface area contributed by atoms with Crippen LogP contribution in [0.3, 0.4) is 0 Å². The van der Waals surface area contributed by atoms with Crippen molar-refractivity contribution in [2.45, 2.75) is 19.4 Å². The third-order valence-electron chi connectivity index (χ3n) is 3.29. The summed E-state index contributed by atoms with van der Waals surface area (Å²) < 4.78 is 13.5. The summed E-state index contributed by atoms with van der Waals surface area (Å²) in [6, 6.07) is 6.62.